The van der Waals surface area contributed by atoms with Crippen LogP contribution in [0, 0.1) is 6.92 Å². The first-order valence-electron chi connectivity index (χ1n) is 9.97. The zero-order chi connectivity index (χ0) is 18.9. The number of benzene rings is 1. The number of hydrogen-bond acceptors (Lipinski definition) is 1. The molecular formula is C22H33N2O2+. The van der Waals surface area contributed by atoms with Crippen molar-refractivity contribution in [1.29, 1.82) is 0 Å². The minimum atomic E-state index is -0.874. The first kappa shape index (κ1) is 20.2. The van der Waals surface area contributed by atoms with Crippen molar-refractivity contribution in [2.75, 3.05) is 0 Å². The predicted molar refractivity (Wildman–Crippen MR) is 105 cm³/mol. The molecule has 0 bridgehead atoms. The van der Waals surface area contributed by atoms with E-state index in [0.717, 1.165) is 25.1 Å². The van der Waals surface area contributed by atoms with Gasteiger partial charge in [-0.2, -0.15) is 0 Å². The second-order valence-electron chi connectivity index (χ2n) is 7.08. The highest BCUT2D eigenvalue weighted by atomic mass is 16.4. The Bertz CT molecular complexity index is 702. The van der Waals surface area contributed by atoms with Crippen molar-refractivity contribution in [3.05, 3.63) is 53.1 Å². The van der Waals surface area contributed by atoms with Crippen LogP contribution >= 0.6 is 0 Å². The number of aromatic carboxylic acids is 1. The van der Waals surface area contributed by atoms with E-state index in [1.165, 1.54) is 50.0 Å². The summed E-state index contributed by atoms with van der Waals surface area (Å²) in [4.78, 5) is 11.0. The van der Waals surface area contributed by atoms with E-state index in [-0.39, 0.29) is 0 Å². The summed E-state index contributed by atoms with van der Waals surface area (Å²) < 4.78 is 4.73. The van der Waals surface area contributed by atoms with E-state index >= 15 is 0 Å². The lowest BCUT2D eigenvalue weighted by molar-refractivity contribution is -0.695. The van der Waals surface area contributed by atoms with Gasteiger partial charge in [0.25, 0.3) is 5.82 Å². The molecule has 1 aromatic heterocycles. The van der Waals surface area contributed by atoms with E-state index < -0.39 is 5.97 Å². The molecular weight excluding hydrogens is 324 g/mol. The third-order valence-corrected chi connectivity index (χ3v) is 5.04. The van der Waals surface area contributed by atoms with E-state index in [1.54, 1.807) is 12.1 Å². The molecule has 0 amide bonds. The summed E-state index contributed by atoms with van der Waals surface area (Å²) in [6.45, 7) is 8.39. The molecule has 2 rings (SSSR count). The highest BCUT2D eigenvalue weighted by molar-refractivity contribution is 5.87. The fourth-order valence-electron chi connectivity index (χ4n) is 3.59. The molecule has 0 spiro atoms. The third-order valence-electron chi connectivity index (χ3n) is 5.04. The molecule has 0 atom stereocenters. The first-order chi connectivity index (χ1) is 12.6. The first-order valence-corrected chi connectivity index (χ1v) is 9.97. The molecule has 4 heteroatoms. The van der Waals surface area contributed by atoms with Crippen LogP contribution in [0.15, 0.2) is 30.5 Å². The summed E-state index contributed by atoms with van der Waals surface area (Å²) in [5.74, 6) is 0.503. The number of imidazole rings is 1. The van der Waals surface area contributed by atoms with Gasteiger partial charge in [-0.3, -0.25) is 0 Å². The molecule has 142 valence electrons. The Morgan fingerprint density at radius 1 is 1.04 bits per heavy atom. The number of rotatable bonds is 11. The van der Waals surface area contributed by atoms with Gasteiger partial charge in [0.2, 0.25) is 0 Å². The van der Waals surface area contributed by atoms with Crippen LogP contribution in [0.1, 0.15) is 79.8 Å². The smallest absolute Gasteiger partial charge is 0.335 e. The molecule has 4 nitrogen and oxygen atoms in total. The molecule has 0 saturated heterocycles. The zero-order valence-corrected chi connectivity index (χ0v) is 16.5. The number of carboxylic acids is 1. The molecule has 0 radical (unpaired) electrons. The summed E-state index contributed by atoms with van der Waals surface area (Å²) in [7, 11) is 0. The maximum Gasteiger partial charge on any atom is 0.335 e. The van der Waals surface area contributed by atoms with Crippen molar-refractivity contribution in [2.24, 2.45) is 0 Å². The zero-order valence-electron chi connectivity index (χ0n) is 16.5. The number of nitrogens with zero attached hydrogens (tertiary/aromatic N) is 2. The van der Waals surface area contributed by atoms with E-state index in [1.807, 2.05) is 12.1 Å². The molecule has 0 aliphatic carbocycles. The molecule has 1 heterocycles. The molecule has 0 aliphatic rings. The highest BCUT2D eigenvalue weighted by Crippen LogP contribution is 2.12. The van der Waals surface area contributed by atoms with Crippen LogP contribution in [0.3, 0.4) is 0 Å². The minimum Gasteiger partial charge on any atom is -0.478 e. The lowest BCUT2D eigenvalue weighted by atomic mass is 10.1. The van der Waals surface area contributed by atoms with Crippen LogP contribution in [0.25, 0.3) is 0 Å². The van der Waals surface area contributed by atoms with Gasteiger partial charge in [-0.05, 0) is 31.0 Å². The van der Waals surface area contributed by atoms with E-state index in [2.05, 4.69) is 36.1 Å². The molecule has 1 aromatic carbocycles. The van der Waals surface area contributed by atoms with Gasteiger partial charge in [0.05, 0.1) is 12.1 Å². The van der Waals surface area contributed by atoms with E-state index in [0.29, 0.717) is 5.56 Å². The van der Waals surface area contributed by atoms with Crippen molar-refractivity contribution in [3.63, 3.8) is 0 Å². The van der Waals surface area contributed by atoms with Gasteiger partial charge < -0.3 is 5.11 Å². The lowest BCUT2D eigenvalue weighted by Crippen LogP contribution is -2.37. The van der Waals surface area contributed by atoms with Crippen LogP contribution in [0.5, 0.6) is 0 Å². The normalized spacial score (nSPS) is 11.0. The van der Waals surface area contributed by atoms with Crippen molar-refractivity contribution < 1.29 is 14.5 Å². The van der Waals surface area contributed by atoms with Gasteiger partial charge in [-0.15, -0.1) is 0 Å². The molecule has 0 fully saturated rings. The van der Waals surface area contributed by atoms with Gasteiger partial charge in [0, 0.05) is 13.3 Å². The number of unbranched alkanes of at least 4 members (excludes halogenated alkanes) is 5. The summed E-state index contributed by atoms with van der Waals surface area (Å²) in [5.41, 5.74) is 2.77. The SMILES string of the molecule is CCCCCCCCc1n(CC)c(C)c[n+]1Cc1ccc(C(=O)O)cc1. The number of carbonyl (C=O) groups is 1. The van der Waals surface area contributed by atoms with E-state index in [4.69, 9.17) is 5.11 Å². The van der Waals surface area contributed by atoms with Gasteiger partial charge in [-0.1, -0.05) is 51.2 Å². The Morgan fingerprint density at radius 3 is 2.31 bits per heavy atom. The maximum atomic E-state index is 11.0. The Kier molecular flexibility index (Phi) is 7.89. The summed E-state index contributed by atoms with van der Waals surface area (Å²) >= 11 is 0. The molecule has 0 unspecified atom stereocenters. The van der Waals surface area contributed by atoms with Crippen LogP contribution in [-0.4, -0.2) is 15.6 Å². The number of aromatic nitrogens is 2. The van der Waals surface area contributed by atoms with Crippen molar-refractivity contribution in [1.82, 2.24) is 4.57 Å². The molecule has 0 aliphatic heterocycles. The largest absolute Gasteiger partial charge is 0.478 e. The molecule has 2 aromatic rings. The maximum absolute atomic E-state index is 11.0. The quantitative estimate of drug-likeness (QED) is 0.466. The Morgan fingerprint density at radius 2 is 1.69 bits per heavy atom. The van der Waals surface area contributed by atoms with E-state index in [9.17, 15) is 4.79 Å². The Balaban J connectivity index is 2.06. The van der Waals surface area contributed by atoms with Crippen molar-refractivity contribution in [2.45, 2.75) is 78.8 Å². The standard InChI is InChI=1S/C22H32N2O2/c1-4-6-7-8-9-10-11-21-23(16-18(3)24(21)5-2)17-19-12-14-20(15-13-19)22(25)26/h12-16H,4-11,17H2,1-3H3/p+1. The Hall–Kier alpha value is -2.10. The molecule has 26 heavy (non-hydrogen) atoms. The van der Waals surface area contributed by atoms with Gasteiger partial charge in [0.15, 0.2) is 0 Å². The monoisotopic (exact) mass is 357 g/mol. The average molecular weight is 358 g/mol. The third kappa shape index (κ3) is 5.45. The van der Waals surface area contributed by atoms with Gasteiger partial charge >= 0.3 is 5.97 Å². The second-order valence-corrected chi connectivity index (χ2v) is 7.08. The van der Waals surface area contributed by atoms with Gasteiger partial charge in [-0.25, -0.2) is 13.9 Å². The van der Waals surface area contributed by atoms with Crippen LogP contribution in [-0.2, 0) is 19.5 Å². The fourth-order valence-corrected chi connectivity index (χ4v) is 3.59. The van der Waals surface area contributed by atoms with Crippen LogP contribution in [0.2, 0.25) is 0 Å². The minimum absolute atomic E-state index is 0.341. The highest BCUT2D eigenvalue weighted by Gasteiger charge is 2.19. The number of carboxylic acid groups (broad SMARTS) is 1. The topological polar surface area (TPSA) is 46.1 Å². The van der Waals surface area contributed by atoms with Gasteiger partial charge in [0.1, 0.15) is 18.4 Å². The summed E-state index contributed by atoms with van der Waals surface area (Å²) in [6.07, 6.45) is 11.2. The van der Waals surface area contributed by atoms with Crippen LogP contribution in [0.4, 0.5) is 0 Å². The number of hydrogen-bond donors (Lipinski definition) is 1. The average Bonchev–Trinajstić information content (AvgIpc) is 2.92. The summed E-state index contributed by atoms with van der Waals surface area (Å²) in [6, 6.07) is 7.22. The van der Waals surface area contributed by atoms with Crippen LogP contribution < -0.4 is 4.57 Å². The van der Waals surface area contributed by atoms with Crippen molar-refractivity contribution >= 4 is 5.97 Å². The lowest BCUT2D eigenvalue weighted by Gasteiger charge is -2.06. The summed E-state index contributed by atoms with van der Waals surface area (Å²) in [5, 5.41) is 9.05. The Labute approximate surface area is 157 Å². The van der Waals surface area contributed by atoms with Crippen molar-refractivity contribution in [3.8, 4) is 0 Å². The molecule has 0 saturated carbocycles. The fraction of sp³-hybridized carbons (Fsp3) is 0.545. The predicted octanol–water partition coefficient (Wildman–Crippen LogP) is 4.75. The second kappa shape index (κ2) is 10.1. The number of aryl methyl sites for hydroxylation is 1. The molecule has 1 N–H and O–H groups in total.